The monoisotopic (exact) mass is 400 g/mol. The van der Waals surface area contributed by atoms with Gasteiger partial charge in [-0.2, -0.15) is 0 Å². The van der Waals surface area contributed by atoms with E-state index in [2.05, 4.69) is 47.0 Å². The molecule has 4 heteroatoms. The Balaban J connectivity index is 2.19. The highest BCUT2D eigenvalue weighted by Gasteiger charge is 2.20. The van der Waals surface area contributed by atoms with Crippen molar-refractivity contribution in [3.05, 3.63) is 32.5 Å². The number of benzene rings is 1. The molecule has 0 amide bonds. The molecule has 2 aromatic rings. The van der Waals surface area contributed by atoms with Gasteiger partial charge in [-0.05, 0) is 60.6 Å². The minimum atomic E-state index is 0.604. The van der Waals surface area contributed by atoms with Crippen molar-refractivity contribution in [1.82, 2.24) is 4.98 Å². The summed E-state index contributed by atoms with van der Waals surface area (Å²) in [4.78, 5) is 4.87. The van der Waals surface area contributed by atoms with E-state index in [1.54, 1.807) is 0 Å². The zero-order valence-electron chi connectivity index (χ0n) is 11.5. The molecule has 0 aliphatic heterocycles. The van der Waals surface area contributed by atoms with Crippen molar-refractivity contribution < 1.29 is 0 Å². The highest BCUT2D eigenvalue weighted by atomic mass is 127. The summed E-state index contributed by atoms with van der Waals surface area (Å²) in [6, 6.07) is 6.38. The van der Waals surface area contributed by atoms with Crippen LogP contribution < -0.4 is 5.32 Å². The molecule has 1 N–H and O–H groups in total. The molecular weight excluding hydrogens is 383 g/mol. The predicted octanol–water partition coefficient (Wildman–Crippen LogP) is 5.58. The average molecular weight is 401 g/mol. The van der Waals surface area contributed by atoms with Crippen molar-refractivity contribution in [2.75, 3.05) is 11.9 Å². The lowest BCUT2D eigenvalue weighted by Gasteiger charge is -2.15. The molecule has 1 heterocycles. The zero-order valence-corrected chi connectivity index (χ0v) is 14.5. The van der Waals surface area contributed by atoms with E-state index in [0.717, 1.165) is 26.0 Å². The Morgan fingerprint density at radius 2 is 2.05 bits per heavy atom. The Hall–Kier alpha value is -0.550. The van der Waals surface area contributed by atoms with Crippen molar-refractivity contribution in [2.24, 2.45) is 0 Å². The van der Waals surface area contributed by atoms with Gasteiger partial charge in [0, 0.05) is 32.8 Å². The van der Waals surface area contributed by atoms with Crippen molar-refractivity contribution in [3.63, 3.8) is 0 Å². The van der Waals surface area contributed by atoms with E-state index in [1.165, 1.54) is 37.1 Å². The van der Waals surface area contributed by atoms with Gasteiger partial charge < -0.3 is 5.32 Å². The molecule has 0 spiro atoms. The van der Waals surface area contributed by atoms with Crippen LogP contribution in [0.3, 0.4) is 0 Å². The number of aromatic nitrogens is 1. The molecule has 0 bridgehead atoms. The number of fused-ring (bicyclic) bond motifs is 1. The normalized spacial score (nSPS) is 15.9. The van der Waals surface area contributed by atoms with Crippen LogP contribution in [0, 0.1) is 3.57 Å². The molecule has 1 aliphatic rings. The topological polar surface area (TPSA) is 24.9 Å². The molecule has 0 saturated heterocycles. The van der Waals surface area contributed by atoms with E-state index in [4.69, 9.17) is 16.6 Å². The number of hydrogen-bond acceptors (Lipinski definition) is 2. The molecule has 1 aromatic carbocycles. The van der Waals surface area contributed by atoms with Gasteiger partial charge in [0.05, 0.1) is 10.5 Å². The quantitative estimate of drug-likeness (QED) is 0.680. The fourth-order valence-corrected chi connectivity index (χ4v) is 4.11. The first-order chi connectivity index (χ1) is 9.69. The molecule has 0 unspecified atom stereocenters. The first kappa shape index (κ1) is 14.4. The van der Waals surface area contributed by atoms with Gasteiger partial charge in [0.25, 0.3) is 0 Å². The number of nitrogens with zero attached hydrogens (tertiary/aromatic N) is 1. The van der Waals surface area contributed by atoms with Gasteiger partial charge in [0.2, 0.25) is 0 Å². The van der Waals surface area contributed by atoms with Gasteiger partial charge in [-0.25, -0.2) is 0 Å². The minimum Gasteiger partial charge on any atom is -0.385 e. The smallest absolute Gasteiger partial charge is 0.0913 e. The van der Waals surface area contributed by atoms with Gasteiger partial charge in [-0.15, -0.1) is 0 Å². The Kier molecular flexibility index (Phi) is 4.36. The molecule has 2 nitrogen and oxygen atoms in total. The summed E-state index contributed by atoms with van der Waals surface area (Å²) in [5.74, 6) is 0.604. The third-order valence-corrected chi connectivity index (χ3v) is 4.90. The molecular formula is C16H18ClIN2. The summed E-state index contributed by atoms with van der Waals surface area (Å²) >= 11 is 8.72. The third kappa shape index (κ3) is 2.75. The van der Waals surface area contributed by atoms with Crippen LogP contribution in [0.2, 0.25) is 5.02 Å². The van der Waals surface area contributed by atoms with Crippen molar-refractivity contribution >= 4 is 50.8 Å². The molecule has 3 rings (SSSR count). The minimum absolute atomic E-state index is 0.604. The van der Waals surface area contributed by atoms with Crippen molar-refractivity contribution in [2.45, 2.75) is 38.5 Å². The maximum atomic E-state index is 6.42. The van der Waals surface area contributed by atoms with Crippen LogP contribution >= 0.6 is 34.2 Å². The highest BCUT2D eigenvalue weighted by molar-refractivity contribution is 14.1. The lowest BCUT2D eigenvalue weighted by atomic mass is 10.0. The summed E-state index contributed by atoms with van der Waals surface area (Å²) in [5, 5.41) is 5.35. The summed E-state index contributed by atoms with van der Waals surface area (Å²) in [7, 11) is 0. The third-order valence-electron chi connectivity index (χ3n) is 3.99. The molecule has 0 radical (unpaired) electrons. The molecule has 1 aliphatic carbocycles. The maximum absolute atomic E-state index is 6.42. The van der Waals surface area contributed by atoms with Gasteiger partial charge in [0.15, 0.2) is 0 Å². The zero-order chi connectivity index (χ0) is 14.1. The lowest BCUT2D eigenvalue weighted by molar-refractivity contribution is 0.701. The summed E-state index contributed by atoms with van der Waals surface area (Å²) in [6.45, 7) is 3.03. The van der Waals surface area contributed by atoms with Crippen molar-refractivity contribution in [1.29, 1.82) is 0 Å². The largest absolute Gasteiger partial charge is 0.385 e. The second-order valence-electron chi connectivity index (χ2n) is 5.39. The van der Waals surface area contributed by atoms with E-state index >= 15 is 0 Å². The first-order valence-corrected chi connectivity index (χ1v) is 8.68. The summed E-state index contributed by atoms with van der Waals surface area (Å²) in [6.07, 6.45) is 5.15. The van der Waals surface area contributed by atoms with E-state index < -0.39 is 0 Å². The van der Waals surface area contributed by atoms with Gasteiger partial charge in [0.1, 0.15) is 0 Å². The molecule has 1 aromatic heterocycles. The number of pyridine rings is 1. The number of hydrogen-bond donors (Lipinski definition) is 1. The van der Waals surface area contributed by atoms with Crippen LogP contribution in [0.25, 0.3) is 10.9 Å². The van der Waals surface area contributed by atoms with Crippen LogP contribution in [0.15, 0.2) is 18.2 Å². The fraction of sp³-hybridized carbons (Fsp3) is 0.438. The van der Waals surface area contributed by atoms with Crippen LogP contribution in [0.4, 0.5) is 5.69 Å². The van der Waals surface area contributed by atoms with E-state index in [-0.39, 0.29) is 0 Å². The second-order valence-corrected chi connectivity index (χ2v) is 7.04. The van der Waals surface area contributed by atoms with Gasteiger partial charge >= 0.3 is 0 Å². The lowest BCUT2D eigenvalue weighted by Crippen LogP contribution is -2.03. The standard InChI is InChI=1S/C16H18ClIN2/c1-2-19-15-9-14(10-5-3-4-6-10)20-16-12(15)7-11(18)8-13(16)17/h7-10H,2-6H2,1H3,(H,19,20). The van der Waals surface area contributed by atoms with E-state index in [1.807, 2.05) is 6.07 Å². The van der Waals surface area contributed by atoms with Crippen LogP contribution in [0.5, 0.6) is 0 Å². The Morgan fingerprint density at radius 1 is 1.30 bits per heavy atom. The van der Waals surface area contributed by atoms with Gasteiger partial charge in [-0.1, -0.05) is 24.4 Å². The molecule has 20 heavy (non-hydrogen) atoms. The average Bonchev–Trinajstić information content (AvgIpc) is 2.93. The molecule has 1 saturated carbocycles. The number of rotatable bonds is 3. The Bertz CT molecular complexity index is 636. The Morgan fingerprint density at radius 3 is 2.75 bits per heavy atom. The van der Waals surface area contributed by atoms with Crippen molar-refractivity contribution in [3.8, 4) is 0 Å². The number of anilines is 1. The summed E-state index contributed by atoms with van der Waals surface area (Å²) in [5.41, 5.74) is 3.31. The van der Waals surface area contributed by atoms with Crippen LogP contribution in [0.1, 0.15) is 44.2 Å². The van der Waals surface area contributed by atoms with Crippen LogP contribution in [-0.2, 0) is 0 Å². The SMILES string of the molecule is CCNc1cc(C2CCCC2)nc2c(Cl)cc(I)cc12. The van der Waals surface area contributed by atoms with Crippen LogP contribution in [-0.4, -0.2) is 11.5 Å². The summed E-state index contributed by atoms with van der Waals surface area (Å²) < 4.78 is 1.15. The van der Waals surface area contributed by atoms with E-state index in [9.17, 15) is 0 Å². The predicted molar refractivity (Wildman–Crippen MR) is 94.8 cm³/mol. The highest BCUT2D eigenvalue weighted by Crippen LogP contribution is 2.37. The second kappa shape index (κ2) is 6.06. The number of halogens is 2. The number of nitrogens with one attached hydrogen (secondary N) is 1. The molecule has 106 valence electrons. The van der Waals surface area contributed by atoms with E-state index in [0.29, 0.717) is 5.92 Å². The molecule has 0 atom stereocenters. The van der Waals surface area contributed by atoms with Gasteiger partial charge in [-0.3, -0.25) is 4.98 Å². The molecule has 1 fully saturated rings. The Labute approximate surface area is 138 Å². The fourth-order valence-electron chi connectivity index (χ4n) is 3.04. The first-order valence-electron chi connectivity index (χ1n) is 7.22. The maximum Gasteiger partial charge on any atom is 0.0913 e.